The summed E-state index contributed by atoms with van der Waals surface area (Å²) in [6.45, 7) is 8.62. The standard InChI is InChI=1S/C25H30N6O2/c1-17-15-32-12-10-30(17)24-21-8-9-22(20-6-4-19(5-7-20)14-26-3)27-23(21)28-25(29-24)31-11-13-33-16-18(31)2/h4-9,14,17-18H,10-13,15-16H2,1-3H3/t17-,18-/m0/s1. The maximum absolute atomic E-state index is 5.68. The summed E-state index contributed by atoms with van der Waals surface area (Å²) in [7, 11) is 1.78. The summed E-state index contributed by atoms with van der Waals surface area (Å²) in [4.78, 5) is 23.6. The highest BCUT2D eigenvalue weighted by atomic mass is 16.5. The van der Waals surface area contributed by atoms with Gasteiger partial charge in [-0.25, -0.2) is 4.98 Å². The monoisotopic (exact) mass is 446 g/mol. The van der Waals surface area contributed by atoms with Crippen LogP contribution >= 0.6 is 0 Å². The van der Waals surface area contributed by atoms with Crippen LogP contribution in [0, 0.1) is 0 Å². The number of hydrogen-bond acceptors (Lipinski definition) is 8. The third kappa shape index (κ3) is 4.41. The van der Waals surface area contributed by atoms with Crippen LogP contribution in [0.4, 0.5) is 11.8 Å². The molecule has 0 amide bonds. The van der Waals surface area contributed by atoms with Crippen LogP contribution in [0.5, 0.6) is 0 Å². The van der Waals surface area contributed by atoms with Crippen molar-refractivity contribution in [3.63, 3.8) is 0 Å². The number of rotatable bonds is 4. The average molecular weight is 447 g/mol. The minimum Gasteiger partial charge on any atom is -0.377 e. The fraction of sp³-hybridized carbons (Fsp3) is 0.440. The molecular weight excluding hydrogens is 416 g/mol. The Hall–Kier alpha value is -3.10. The van der Waals surface area contributed by atoms with E-state index in [0.717, 1.165) is 41.1 Å². The van der Waals surface area contributed by atoms with Crippen molar-refractivity contribution >= 4 is 29.0 Å². The molecule has 1 aromatic carbocycles. The summed E-state index contributed by atoms with van der Waals surface area (Å²) in [6, 6.07) is 12.8. The van der Waals surface area contributed by atoms with E-state index in [0.29, 0.717) is 38.0 Å². The summed E-state index contributed by atoms with van der Waals surface area (Å²) in [6.07, 6.45) is 1.84. The number of hydrogen-bond donors (Lipinski definition) is 0. The van der Waals surface area contributed by atoms with Crippen molar-refractivity contribution in [1.82, 2.24) is 15.0 Å². The van der Waals surface area contributed by atoms with Crippen molar-refractivity contribution in [2.75, 3.05) is 56.4 Å². The van der Waals surface area contributed by atoms with Gasteiger partial charge in [-0.05, 0) is 31.5 Å². The van der Waals surface area contributed by atoms with Gasteiger partial charge in [0, 0.05) is 31.9 Å². The fourth-order valence-corrected chi connectivity index (χ4v) is 4.45. The SMILES string of the molecule is CN=Cc1ccc(-c2ccc3c(N4CCOC[C@@H]4C)nc(N4CCOC[C@@H]4C)nc3n2)cc1. The molecule has 2 aliphatic rings. The lowest BCUT2D eigenvalue weighted by Crippen LogP contribution is -2.46. The molecule has 2 saturated heterocycles. The first kappa shape index (κ1) is 21.7. The van der Waals surface area contributed by atoms with Crippen molar-refractivity contribution in [3.05, 3.63) is 42.0 Å². The highest BCUT2D eigenvalue weighted by Crippen LogP contribution is 2.31. The molecule has 8 nitrogen and oxygen atoms in total. The second-order valence-electron chi connectivity index (χ2n) is 8.66. The molecule has 2 aliphatic heterocycles. The van der Waals surface area contributed by atoms with Gasteiger partial charge in [-0.15, -0.1) is 0 Å². The summed E-state index contributed by atoms with van der Waals surface area (Å²) in [5, 5.41) is 0.965. The molecule has 2 fully saturated rings. The summed E-state index contributed by atoms with van der Waals surface area (Å²) < 4.78 is 11.3. The predicted octanol–water partition coefficient (Wildman–Crippen LogP) is 3.19. The van der Waals surface area contributed by atoms with Crippen LogP contribution in [0.15, 0.2) is 41.4 Å². The van der Waals surface area contributed by atoms with Gasteiger partial charge in [-0.1, -0.05) is 24.3 Å². The van der Waals surface area contributed by atoms with Crippen molar-refractivity contribution in [2.45, 2.75) is 25.9 Å². The van der Waals surface area contributed by atoms with Crippen LogP contribution in [0.1, 0.15) is 19.4 Å². The molecule has 0 saturated carbocycles. The maximum atomic E-state index is 5.68. The minimum absolute atomic E-state index is 0.210. The molecule has 0 aliphatic carbocycles. The van der Waals surface area contributed by atoms with Gasteiger partial charge in [0.15, 0.2) is 5.65 Å². The van der Waals surface area contributed by atoms with E-state index in [1.54, 1.807) is 7.05 Å². The van der Waals surface area contributed by atoms with E-state index in [9.17, 15) is 0 Å². The number of ether oxygens (including phenoxy) is 2. The van der Waals surface area contributed by atoms with Crippen LogP contribution in [0.2, 0.25) is 0 Å². The van der Waals surface area contributed by atoms with Crippen LogP contribution in [-0.2, 0) is 9.47 Å². The van der Waals surface area contributed by atoms with Gasteiger partial charge in [0.25, 0.3) is 0 Å². The second-order valence-corrected chi connectivity index (χ2v) is 8.66. The molecule has 4 heterocycles. The van der Waals surface area contributed by atoms with E-state index < -0.39 is 0 Å². The Morgan fingerprint density at radius 3 is 2.24 bits per heavy atom. The zero-order valence-electron chi connectivity index (χ0n) is 19.4. The minimum atomic E-state index is 0.210. The molecule has 8 heteroatoms. The van der Waals surface area contributed by atoms with Gasteiger partial charge in [0.05, 0.1) is 49.6 Å². The molecule has 0 bridgehead atoms. The number of aliphatic imine (C=N–C) groups is 1. The van der Waals surface area contributed by atoms with Crippen molar-refractivity contribution in [1.29, 1.82) is 0 Å². The van der Waals surface area contributed by atoms with E-state index in [-0.39, 0.29) is 12.1 Å². The lowest BCUT2D eigenvalue weighted by molar-refractivity contribution is 0.0973. The van der Waals surface area contributed by atoms with Gasteiger partial charge in [0.1, 0.15) is 5.82 Å². The fourth-order valence-electron chi connectivity index (χ4n) is 4.45. The number of anilines is 2. The average Bonchev–Trinajstić information content (AvgIpc) is 2.84. The molecule has 0 unspecified atom stereocenters. The van der Waals surface area contributed by atoms with Gasteiger partial charge >= 0.3 is 0 Å². The molecule has 0 N–H and O–H groups in total. The Kier molecular flexibility index (Phi) is 6.20. The first-order valence-corrected chi connectivity index (χ1v) is 11.5. The number of aromatic nitrogens is 3. The highest BCUT2D eigenvalue weighted by Gasteiger charge is 2.27. The van der Waals surface area contributed by atoms with E-state index in [4.69, 9.17) is 24.4 Å². The Morgan fingerprint density at radius 1 is 0.879 bits per heavy atom. The summed E-state index contributed by atoms with van der Waals surface area (Å²) in [5.74, 6) is 1.64. The Morgan fingerprint density at radius 2 is 1.58 bits per heavy atom. The van der Waals surface area contributed by atoms with E-state index in [1.165, 1.54) is 0 Å². The zero-order valence-corrected chi connectivity index (χ0v) is 19.4. The molecule has 33 heavy (non-hydrogen) atoms. The third-order valence-corrected chi connectivity index (χ3v) is 6.28. The van der Waals surface area contributed by atoms with Crippen molar-refractivity contribution < 1.29 is 9.47 Å². The largest absolute Gasteiger partial charge is 0.377 e. The van der Waals surface area contributed by atoms with Crippen LogP contribution in [0.3, 0.4) is 0 Å². The Balaban J connectivity index is 1.61. The molecule has 0 spiro atoms. The third-order valence-electron chi connectivity index (χ3n) is 6.28. The smallest absolute Gasteiger partial charge is 0.229 e. The first-order chi connectivity index (χ1) is 16.1. The predicted molar refractivity (Wildman–Crippen MR) is 132 cm³/mol. The molecule has 5 rings (SSSR count). The van der Waals surface area contributed by atoms with Crippen LogP contribution < -0.4 is 9.80 Å². The molecule has 172 valence electrons. The lowest BCUT2D eigenvalue weighted by atomic mass is 10.1. The number of pyridine rings is 1. The van der Waals surface area contributed by atoms with Crippen molar-refractivity contribution in [2.24, 2.45) is 4.99 Å². The van der Waals surface area contributed by atoms with Gasteiger partial charge in [-0.3, -0.25) is 4.99 Å². The number of morpholine rings is 2. The second kappa shape index (κ2) is 9.41. The number of fused-ring (bicyclic) bond motifs is 1. The van der Waals surface area contributed by atoms with E-state index in [1.807, 2.05) is 6.21 Å². The molecular formula is C25H30N6O2. The van der Waals surface area contributed by atoms with Gasteiger partial charge < -0.3 is 19.3 Å². The number of nitrogens with zero attached hydrogens (tertiary/aromatic N) is 6. The molecule has 2 aromatic heterocycles. The summed E-state index contributed by atoms with van der Waals surface area (Å²) >= 11 is 0. The lowest BCUT2D eigenvalue weighted by Gasteiger charge is -2.37. The van der Waals surface area contributed by atoms with Gasteiger partial charge in [-0.2, -0.15) is 9.97 Å². The normalized spacial score (nSPS) is 21.8. The molecule has 3 aromatic rings. The van der Waals surface area contributed by atoms with E-state index in [2.05, 4.69) is 65.0 Å². The topological polar surface area (TPSA) is 76.0 Å². The van der Waals surface area contributed by atoms with E-state index >= 15 is 0 Å². The molecule has 2 atom stereocenters. The number of benzene rings is 1. The summed E-state index contributed by atoms with van der Waals surface area (Å²) in [5.41, 5.74) is 3.72. The van der Waals surface area contributed by atoms with Crippen LogP contribution in [-0.4, -0.2) is 79.8 Å². The first-order valence-electron chi connectivity index (χ1n) is 11.5. The maximum Gasteiger partial charge on any atom is 0.229 e. The van der Waals surface area contributed by atoms with Crippen molar-refractivity contribution in [3.8, 4) is 11.3 Å². The Labute approximate surface area is 194 Å². The molecule has 0 radical (unpaired) electrons. The van der Waals surface area contributed by atoms with Crippen LogP contribution in [0.25, 0.3) is 22.3 Å². The zero-order chi connectivity index (χ0) is 22.8. The Bertz CT molecular complexity index is 1150. The highest BCUT2D eigenvalue weighted by molar-refractivity contribution is 5.90. The quantitative estimate of drug-likeness (QED) is 0.570. The van der Waals surface area contributed by atoms with Gasteiger partial charge in [0.2, 0.25) is 5.95 Å².